The van der Waals surface area contributed by atoms with Gasteiger partial charge in [0.15, 0.2) is 0 Å². The molecule has 0 fully saturated rings. The fourth-order valence-corrected chi connectivity index (χ4v) is 4.24. The van der Waals surface area contributed by atoms with Crippen molar-refractivity contribution in [1.29, 1.82) is 0 Å². The van der Waals surface area contributed by atoms with Crippen LogP contribution in [0.1, 0.15) is 18.5 Å². The van der Waals surface area contributed by atoms with Gasteiger partial charge in [-0.25, -0.2) is 0 Å². The normalized spacial score (nSPS) is 16.7. The topological polar surface area (TPSA) is 55.6 Å². The third-order valence-corrected chi connectivity index (χ3v) is 5.47. The van der Waals surface area contributed by atoms with Crippen LogP contribution in [0.25, 0.3) is 21.8 Å². The van der Waals surface area contributed by atoms with Crippen molar-refractivity contribution in [2.45, 2.75) is 19.2 Å². The highest BCUT2D eigenvalue weighted by Gasteiger charge is 2.28. The summed E-state index contributed by atoms with van der Waals surface area (Å²) in [4.78, 5) is 0. The molecule has 4 aromatic rings. The van der Waals surface area contributed by atoms with Gasteiger partial charge in [-0.1, -0.05) is 48.5 Å². The number of benzene rings is 3. The second kappa shape index (κ2) is 7.43. The summed E-state index contributed by atoms with van der Waals surface area (Å²) in [6.07, 6.45) is -0.545. The average molecular weight is 388 g/mol. The van der Waals surface area contributed by atoms with E-state index >= 15 is 0 Å². The molecule has 0 aliphatic carbocycles. The quantitative estimate of drug-likeness (QED) is 0.386. The highest BCUT2D eigenvalue weighted by Crippen LogP contribution is 2.44. The van der Waals surface area contributed by atoms with Crippen molar-refractivity contribution in [2.24, 2.45) is 0 Å². The minimum atomic E-state index is -0.545. The maximum atomic E-state index is 9.39. The van der Waals surface area contributed by atoms with Crippen molar-refractivity contribution in [1.82, 2.24) is 9.88 Å². The zero-order valence-corrected chi connectivity index (χ0v) is 16.3. The lowest BCUT2D eigenvalue weighted by Gasteiger charge is -2.27. The Hall–Kier alpha value is -3.02. The van der Waals surface area contributed by atoms with Crippen LogP contribution in [0, 0.1) is 0 Å². The number of ether oxygens (including phenoxy) is 2. The first kappa shape index (κ1) is 18.0. The zero-order valence-electron chi connectivity index (χ0n) is 16.3. The van der Waals surface area contributed by atoms with E-state index in [9.17, 15) is 5.11 Å². The second-order valence-electron chi connectivity index (χ2n) is 7.39. The SMILES string of the molecule is CC(O)NCCOc1cccc2c1c1cccc3c1n2[C@H](c1ccccc1)CO3. The Bertz CT molecular complexity index is 1150. The smallest absolute Gasteiger partial charge is 0.143 e. The second-order valence-corrected chi connectivity index (χ2v) is 7.39. The van der Waals surface area contributed by atoms with Gasteiger partial charge in [-0.15, -0.1) is 0 Å². The number of aromatic nitrogens is 1. The van der Waals surface area contributed by atoms with Crippen LogP contribution < -0.4 is 14.8 Å². The molecule has 1 unspecified atom stereocenters. The molecule has 5 rings (SSSR count). The van der Waals surface area contributed by atoms with E-state index in [0.717, 1.165) is 33.3 Å². The molecule has 2 heterocycles. The number of para-hydroxylation sites is 1. The Balaban J connectivity index is 1.65. The Kier molecular flexibility index (Phi) is 4.62. The van der Waals surface area contributed by atoms with E-state index in [-0.39, 0.29) is 6.04 Å². The summed E-state index contributed by atoms with van der Waals surface area (Å²) in [5, 5.41) is 14.6. The third-order valence-electron chi connectivity index (χ3n) is 5.47. The molecule has 0 saturated carbocycles. The van der Waals surface area contributed by atoms with E-state index in [1.807, 2.05) is 30.3 Å². The molecular weight excluding hydrogens is 364 g/mol. The van der Waals surface area contributed by atoms with Crippen molar-refractivity contribution in [3.05, 3.63) is 72.3 Å². The molecule has 0 bridgehead atoms. The molecule has 2 atom stereocenters. The lowest BCUT2D eigenvalue weighted by atomic mass is 10.1. The van der Waals surface area contributed by atoms with Gasteiger partial charge in [-0.05, 0) is 30.7 Å². The molecule has 0 amide bonds. The molecule has 0 spiro atoms. The van der Waals surface area contributed by atoms with Crippen molar-refractivity contribution >= 4 is 21.8 Å². The molecule has 5 heteroatoms. The van der Waals surface area contributed by atoms with Crippen molar-refractivity contribution in [3.8, 4) is 11.5 Å². The molecule has 2 N–H and O–H groups in total. The molecule has 1 aliphatic heterocycles. The molecule has 148 valence electrons. The van der Waals surface area contributed by atoms with Crippen LogP contribution in [0.15, 0.2) is 66.7 Å². The highest BCUT2D eigenvalue weighted by atomic mass is 16.5. The summed E-state index contributed by atoms with van der Waals surface area (Å²) in [5.41, 5.74) is 3.49. The summed E-state index contributed by atoms with van der Waals surface area (Å²) in [5.74, 6) is 1.76. The number of nitrogens with one attached hydrogen (secondary N) is 1. The average Bonchev–Trinajstić information content (AvgIpc) is 3.09. The fraction of sp³-hybridized carbons (Fsp3) is 0.250. The zero-order chi connectivity index (χ0) is 19.8. The van der Waals surface area contributed by atoms with E-state index in [1.54, 1.807) is 6.92 Å². The van der Waals surface area contributed by atoms with E-state index in [1.165, 1.54) is 5.56 Å². The van der Waals surface area contributed by atoms with Gasteiger partial charge in [0, 0.05) is 17.3 Å². The molecule has 1 aromatic heterocycles. The van der Waals surface area contributed by atoms with Crippen LogP contribution in [-0.4, -0.2) is 35.7 Å². The Morgan fingerprint density at radius 3 is 2.76 bits per heavy atom. The fourth-order valence-electron chi connectivity index (χ4n) is 4.24. The predicted octanol–water partition coefficient (Wildman–Crippen LogP) is 4.08. The van der Waals surface area contributed by atoms with Crippen LogP contribution in [0.3, 0.4) is 0 Å². The van der Waals surface area contributed by atoms with Gasteiger partial charge in [0.2, 0.25) is 0 Å². The molecule has 0 saturated heterocycles. The van der Waals surface area contributed by atoms with E-state index in [4.69, 9.17) is 9.47 Å². The number of aliphatic hydroxyl groups is 1. The van der Waals surface area contributed by atoms with E-state index in [2.05, 4.69) is 46.3 Å². The number of nitrogens with zero attached hydrogens (tertiary/aromatic N) is 1. The summed E-state index contributed by atoms with van der Waals surface area (Å²) >= 11 is 0. The minimum Gasteiger partial charge on any atom is -0.492 e. The number of hydrogen-bond donors (Lipinski definition) is 2. The standard InChI is InChI=1S/C24H24N2O3/c1-16(27)25-13-14-28-21-11-6-10-19-23(21)18-9-5-12-22-24(18)26(19)20(15-29-22)17-7-3-2-4-8-17/h2-12,16,20,25,27H,13-15H2,1H3/t16?,20-/m0/s1. The molecule has 5 nitrogen and oxygen atoms in total. The first-order valence-electron chi connectivity index (χ1n) is 10.0. The molecule has 0 radical (unpaired) electrons. The van der Waals surface area contributed by atoms with Crippen molar-refractivity contribution in [2.75, 3.05) is 19.8 Å². The summed E-state index contributed by atoms with van der Waals surface area (Å²) in [7, 11) is 0. The van der Waals surface area contributed by atoms with Crippen LogP contribution >= 0.6 is 0 Å². The summed E-state index contributed by atoms with van der Waals surface area (Å²) in [6.45, 7) is 3.36. The summed E-state index contributed by atoms with van der Waals surface area (Å²) < 4.78 is 14.7. The number of hydrogen-bond acceptors (Lipinski definition) is 4. The Labute approximate surface area is 169 Å². The van der Waals surface area contributed by atoms with Crippen LogP contribution in [0.4, 0.5) is 0 Å². The molecule has 1 aliphatic rings. The van der Waals surface area contributed by atoms with Gasteiger partial charge in [-0.2, -0.15) is 0 Å². The van der Waals surface area contributed by atoms with Gasteiger partial charge in [0.1, 0.15) is 30.9 Å². The van der Waals surface area contributed by atoms with Gasteiger partial charge < -0.3 is 19.1 Å². The monoisotopic (exact) mass is 388 g/mol. The first-order chi connectivity index (χ1) is 14.2. The number of aliphatic hydroxyl groups excluding tert-OH is 1. The lowest BCUT2D eigenvalue weighted by molar-refractivity contribution is 0.148. The number of rotatable bonds is 6. The summed E-state index contributed by atoms with van der Waals surface area (Å²) in [6, 6.07) is 23.0. The minimum absolute atomic E-state index is 0.109. The van der Waals surface area contributed by atoms with Crippen LogP contribution in [-0.2, 0) is 0 Å². The van der Waals surface area contributed by atoms with Gasteiger partial charge in [0.05, 0.1) is 17.1 Å². The van der Waals surface area contributed by atoms with E-state index in [0.29, 0.717) is 19.8 Å². The Morgan fingerprint density at radius 1 is 1.10 bits per heavy atom. The van der Waals surface area contributed by atoms with Crippen LogP contribution in [0.2, 0.25) is 0 Å². The largest absolute Gasteiger partial charge is 0.492 e. The first-order valence-corrected chi connectivity index (χ1v) is 10.0. The van der Waals surface area contributed by atoms with Crippen molar-refractivity contribution in [3.63, 3.8) is 0 Å². The third kappa shape index (κ3) is 3.12. The predicted molar refractivity (Wildman–Crippen MR) is 115 cm³/mol. The Morgan fingerprint density at radius 2 is 1.93 bits per heavy atom. The van der Waals surface area contributed by atoms with Gasteiger partial charge in [-0.3, -0.25) is 5.32 Å². The molecular formula is C24H24N2O3. The van der Waals surface area contributed by atoms with Crippen molar-refractivity contribution < 1.29 is 14.6 Å². The molecule has 3 aromatic carbocycles. The van der Waals surface area contributed by atoms with Crippen LogP contribution in [0.5, 0.6) is 11.5 Å². The molecule has 29 heavy (non-hydrogen) atoms. The highest BCUT2D eigenvalue weighted by molar-refractivity contribution is 6.13. The number of fused-ring (bicyclic) bond motifs is 3. The van der Waals surface area contributed by atoms with Gasteiger partial charge >= 0.3 is 0 Å². The maximum Gasteiger partial charge on any atom is 0.143 e. The maximum absolute atomic E-state index is 9.39. The van der Waals surface area contributed by atoms with Gasteiger partial charge in [0.25, 0.3) is 0 Å². The van der Waals surface area contributed by atoms with E-state index < -0.39 is 6.23 Å². The lowest BCUT2D eigenvalue weighted by Crippen LogP contribution is -2.29.